The SMILES string of the molecule is CCCC(O)c1ccn(CCC#N)c1. The molecule has 76 valence electrons. The number of hydrogen-bond donors (Lipinski definition) is 1. The van der Waals surface area contributed by atoms with Crippen molar-refractivity contribution >= 4 is 0 Å². The molecular formula is C11H16N2O. The largest absolute Gasteiger partial charge is 0.388 e. The average molecular weight is 192 g/mol. The van der Waals surface area contributed by atoms with Gasteiger partial charge in [-0.3, -0.25) is 0 Å². The highest BCUT2D eigenvalue weighted by atomic mass is 16.3. The van der Waals surface area contributed by atoms with Crippen LogP contribution < -0.4 is 0 Å². The lowest BCUT2D eigenvalue weighted by Crippen LogP contribution is -1.96. The molecule has 1 aromatic heterocycles. The number of nitriles is 1. The van der Waals surface area contributed by atoms with Gasteiger partial charge in [-0.15, -0.1) is 0 Å². The summed E-state index contributed by atoms with van der Waals surface area (Å²) in [6, 6.07) is 4.01. The molecule has 0 aliphatic rings. The zero-order chi connectivity index (χ0) is 10.4. The minimum Gasteiger partial charge on any atom is -0.388 e. The number of aliphatic hydroxyl groups excluding tert-OH is 1. The zero-order valence-electron chi connectivity index (χ0n) is 8.48. The molecule has 0 spiro atoms. The Balaban J connectivity index is 2.54. The van der Waals surface area contributed by atoms with E-state index in [0.717, 1.165) is 18.4 Å². The lowest BCUT2D eigenvalue weighted by atomic mass is 10.1. The highest BCUT2D eigenvalue weighted by Gasteiger charge is 2.07. The van der Waals surface area contributed by atoms with Gasteiger partial charge in [0, 0.05) is 18.9 Å². The van der Waals surface area contributed by atoms with Gasteiger partial charge in [0.15, 0.2) is 0 Å². The fourth-order valence-corrected chi connectivity index (χ4v) is 1.41. The van der Waals surface area contributed by atoms with Crippen LogP contribution in [-0.4, -0.2) is 9.67 Å². The van der Waals surface area contributed by atoms with Crippen LogP contribution in [-0.2, 0) is 6.54 Å². The Hall–Kier alpha value is -1.27. The number of hydrogen-bond acceptors (Lipinski definition) is 2. The third kappa shape index (κ3) is 2.90. The molecule has 0 bridgehead atoms. The first kappa shape index (κ1) is 10.8. The molecular weight excluding hydrogens is 176 g/mol. The molecule has 3 heteroatoms. The molecule has 0 aliphatic carbocycles. The number of nitrogens with zero attached hydrogens (tertiary/aromatic N) is 2. The maximum atomic E-state index is 9.68. The van der Waals surface area contributed by atoms with Crippen LogP contribution in [0.5, 0.6) is 0 Å². The monoisotopic (exact) mass is 192 g/mol. The standard InChI is InChI=1S/C11H16N2O/c1-2-4-11(14)10-5-8-13(9-10)7-3-6-12/h5,8-9,11,14H,2-4,7H2,1H3. The molecule has 1 atom stereocenters. The van der Waals surface area contributed by atoms with Gasteiger partial charge >= 0.3 is 0 Å². The Morgan fingerprint density at radius 1 is 1.64 bits per heavy atom. The maximum Gasteiger partial charge on any atom is 0.0804 e. The minimum atomic E-state index is -0.358. The highest BCUT2D eigenvalue weighted by molar-refractivity contribution is 5.13. The van der Waals surface area contributed by atoms with Crippen molar-refractivity contribution in [2.75, 3.05) is 0 Å². The van der Waals surface area contributed by atoms with Gasteiger partial charge in [-0.05, 0) is 18.1 Å². The van der Waals surface area contributed by atoms with E-state index in [4.69, 9.17) is 5.26 Å². The Bertz CT molecular complexity index is 311. The van der Waals surface area contributed by atoms with Crippen molar-refractivity contribution in [3.63, 3.8) is 0 Å². The Kier molecular flexibility index (Phi) is 4.21. The maximum absolute atomic E-state index is 9.68. The molecule has 0 radical (unpaired) electrons. The van der Waals surface area contributed by atoms with Crippen molar-refractivity contribution < 1.29 is 5.11 Å². The fraction of sp³-hybridized carbons (Fsp3) is 0.545. The van der Waals surface area contributed by atoms with Gasteiger partial charge < -0.3 is 9.67 Å². The number of rotatable bonds is 5. The van der Waals surface area contributed by atoms with Crippen molar-refractivity contribution in [1.29, 1.82) is 5.26 Å². The van der Waals surface area contributed by atoms with Gasteiger partial charge in [0.1, 0.15) is 0 Å². The van der Waals surface area contributed by atoms with E-state index in [1.165, 1.54) is 0 Å². The summed E-state index contributed by atoms with van der Waals surface area (Å²) >= 11 is 0. The first-order chi connectivity index (χ1) is 6.77. The molecule has 0 amide bonds. The van der Waals surface area contributed by atoms with Gasteiger partial charge in [0.25, 0.3) is 0 Å². The Morgan fingerprint density at radius 2 is 2.43 bits per heavy atom. The summed E-state index contributed by atoms with van der Waals surface area (Å²) in [6.45, 7) is 2.76. The average Bonchev–Trinajstić information content (AvgIpc) is 2.63. The van der Waals surface area contributed by atoms with Gasteiger partial charge in [-0.1, -0.05) is 13.3 Å². The van der Waals surface area contributed by atoms with Crippen molar-refractivity contribution in [3.05, 3.63) is 24.0 Å². The zero-order valence-corrected chi connectivity index (χ0v) is 8.48. The van der Waals surface area contributed by atoms with E-state index >= 15 is 0 Å². The van der Waals surface area contributed by atoms with Crippen LogP contribution in [0.15, 0.2) is 18.5 Å². The summed E-state index contributed by atoms with van der Waals surface area (Å²) in [5.41, 5.74) is 0.949. The van der Waals surface area contributed by atoms with Crippen LogP contribution in [0.1, 0.15) is 37.9 Å². The summed E-state index contributed by atoms with van der Waals surface area (Å²) in [4.78, 5) is 0. The van der Waals surface area contributed by atoms with E-state index in [0.29, 0.717) is 13.0 Å². The normalized spacial score (nSPS) is 12.4. The van der Waals surface area contributed by atoms with Crippen LogP contribution in [0.25, 0.3) is 0 Å². The van der Waals surface area contributed by atoms with Crippen molar-refractivity contribution in [1.82, 2.24) is 4.57 Å². The molecule has 14 heavy (non-hydrogen) atoms. The molecule has 1 rings (SSSR count). The fourth-order valence-electron chi connectivity index (χ4n) is 1.41. The molecule has 0 fully saturated rings. The molecule has 1 N–H and O–H groups in total. The molecule has 1 heterocycles. The molecule has 0 saturated heterocycles. The highest BCUT2D eigenvalue weighted by Crippen LogP contribution is 2.18. The second kappa shape index (κ2) is 5.46. The first-order valence-corrected chi connectivity index (χ1v) is 4.98. The smallest absolute Gasteiger partial charge is 0.0804 e. The van der Waals surface area contributed by atoms with E-state index in [-0.39, 0.29) is 6.10 Å². The summed E-state index contributed by atoms with van der Waals surface area (Å²) in [6.07, 6.45) is 5.75. The number of aromatic nitrogens is 1. The second-order valence-corrected chi connectivity index (χ2v) is 3.40. The second-order valence-electron chi connectivity index (χ2n) is 3.40. The summed E-state index contributed by atoms with van der Waals surface area (Å²) in [7, 11) is 0. The molecule has 3 nitrogen and oxygen atoms in total. The predicted molar refractivity (Wildman–Crippen MR) is 54.5 cm³/mol. The Labute approximate surface area is 84.6 Å². The Morgan fingerprint density at radius 3 is 3.07 bits per heavy atom. The third-order valence-electron chi connectivity index (χ3n) is 2.20. The van der Waals surface area contributed by atoms with E-state index in [1.807, 2.05) is 23.0 Å². The summed E-state index contributed by atoms with van der Waals surface area (Å²) < 4.78 is 1.94. The summed E-state index contributed by atoms with van der Waals surface area (Å²) in [5.74, 6) is 0. The lowest BCUT2D eigenvalue weighted by molar-refractivity contribution is 0.166. The van der Waals surface area contributed by atoms with Gasteiger partial charge in [-0.2, -0.15) is 5.26 Å². The van der Waals surface area contributed by atoms with Gasteiger partial charge in [-0.25, -0.2) is 0 Å². The number of aliphatic hydroxyl groups is 1. The first-order valence-electron chi connectivity index (χ1n) is 4.98. The van der Waals surface area contributed by atoms with Crippen molar-refractivity contribution in [2.24, 2.45) is 0 Å². The molecule has 1 aromatic rings. The molecule has 0 aliphatic heterocycles. The van der Waals surface area contributed by atoms with Crippen molar-refractivity contribution in [2.45, 2.75) is 38.8 Å². The van der Waals surface area contributed by atoms with Crippen LogP contribution in [0, 0.1) is 11.3 Å². The van der Waals surface area contributed by atoms with Crippen LogP contribution in [0.4, 0.5) is 0 Å². The molecule has 0 aromatic carbocycles. The third-order valence-corrected chi connectivity index (χ3v) is 2.20. The van der Waals surface area contributed by atoms with E-state index in [9.17, 15) is 5.11 Å². The summed E-state index contributed by atoms with van der Waals surface area (Å²) in [5, 5.41) is 18.1. The van der Waals surface area contributed by atoms with E-state index in [1.54, 1.807) is 0 Å². The van der Waals surface area contributed by atoms with Crippen molar-refractivity contribution in [3.8, 4) is 6.07 Å². The van der Waals surface area contributed by atoms with E-state index < -0.39 is 0 Å². The lowest BCUT2D eigenvalue weighted by Gasteiger charge is -2.05. The van der Waals surface area contributed by atoms with Crippen LogP contribution in [0.3, 0.4) is 0 Å². The quantitative estimate of drug-likeness (QED) is 0.777. The predicted octanol–water partition coefficient (Wildman–Crippen LogP) is 2.24. The van der Waals surface area contributed by atoms with Gasteiger partial charge in [0.2, 0.25) is 0 Å². The number of aryl methyl sites for hydroxylation is 1. The van der Waals surface area contributed by atoms with Crippen LogP contribution >= 0.6 is 0 Å². The van der Waals surface area contributed by atoms with E-state index in [2.05, 4.69) is 13.0 Å². The molecule has 1 unspecified atom stereocenters. The molecule has 0 saturated carbocycles. The van der Waals surface area contributed by atoms with Crippen LogP contribution in [0.2, 0.25) is 0 Å². The van der Waals surface area contributed by atoms with Gasteiger partial charge in [0.05, 0.1) is 18.6 Å². The topological polar surface area (TPSA) is 49.0 Å². The minimum absolute atomic E-state index is 0.358.